The molecule has 0 bridgehead atoms. The van der Waals surface area contributed by atoms with E-state index >= 15 is 0 Å². The zero-order valence-electron chi connectivity index (χ0n) is 16.5. The third-order valence-electron chi connectivity index (χ3n) is 4.30. The van der Waals surface area contributed by atoms with Crippen LogP contribution >= 0.6 is 43.6 Å². The molecule has 0 saturated carbocycles. The largest absolute Gasteiger partial charge is 0.493 e. The quantitative estimate of drug-likeness (QED) is 0.342. The monoisotopic (exact) mass is 569 g/mol. The van der Waals surface area contributed by atoms with Crippen LogP contribution in [0.4, 0.5) is 4.79 Å². The average molecular weight is 571 g/mol. The Morgan fingerprint density at radius 1 is 1.10 bits per heavy atom. The Balaban J connectivity index is 1.84. The molecule has 0 spiro atoms. The van der Waals surface area contributed by atoms with Crippen LogP contribution in [0.15, 0.2) is 50.2 Å². The number of halogens is 2. The number of benzene rings is 2. The first-order valence-electron chi connectivity index (χ1n) is 8.90. The number of thioether (sulfide) groups is 1. The minimum absolute atomic E-state index is 0.175. The molecule has 0 aliphatic carbocycles. The van der Waals surface area contributed by atoms with E-state index in [1.165, 1.54) is 19.1 Å². The zero-order valence-corrected chi connectivity index (χ0v) is 20.5. The molecule has 1 aliphatic heterocycles. The molecule has 2 amide bonds. The van der Waals surface area contributed by atoms with Crippen molar-refractivity contribution in [1.29, 1.82) is 0 Å². The topological polar surface area (TPSA) is 82.1 Å². The van der Waals surface area contributed by atoms with E-state index in [9.17, 15) is 14.4 Å². The number of nitrogens with zero attached hydrogens (tertiary/aromatic N) is 1. The first kappa shape index (κ1) is 23.4. The Morgan fingerprint density at radius 3 is 2.52 bits per heavy atom. The molecule has 1 saturated heterocycles. The Kier molecular flexibility index (Phi) is 7.79. The van der Waals surface area contributed by atoms with Crippen LogP contribution in [0.5, 0.6) is 11.5 Å². The molecule has 0 aromatic heterocycles. The maximum absolute atomic E-state index is 12.9. The number of amides is 2. The van der Waals surface area contributed by atoms with E-state index in [1.807, 2.05) is 24.3 Å². The molecule has 0 radical (unpaired) electrons. The summed E-state index contributed by atoms with van der Waals surface area (Å²) in [6, 6.07) is 10.7. The van der Waals surface area contributed by atoms with Gasteiger partial charge in [-0.25, -0.2) is 4.79 Å². The van der Waals surface area contributed by atoms with E-state index in [-0.39, 0.29) is 24.3 Å². The molecule has 10 heteroatoms. The molecule has 2 aromatic rings. The van der Waals surface area contributed by atoms with Crippen molar-refractivity contribution in [1.82, 2.24) is 4.90 Å². The molecular formula is C21H17Br2NO6S. The number of imide groups is 1. The Hall–Kier alpha value is -2.30. The lowest BCUT2D eigenvalue weighted by molar-refractivity contribution is -0.142. The van der Waals surface area contributed by atoms with E-state index in [4.69, 9.17) is 9.47 Å². The molecule has 162 valence electrons. The van der Waals surface area contributed by atoms with Crippen molar-refractivity contribution in [3.63, 3.8) is 0 Å². The van der Waals surface area contributed by atoms with Crippen molar-refractivity contribution in [3.05, 3.63) is 61.4 Å². The lowest BCUT2D eigenvalue weighted by Crippen LogP contribution is -2.27. The van der Waals surface area contributed by atoms with Gasteiger partial charge in [0.15, 0.2) is 18.1 Å². The molecular weight excluding hydrogens is 554 g/mol. The summed E-state index contributed by atoms with van der Waals surface area (Å²) in [4.78, 5) is 38.1. The SMILES string of the molecule is COC(=O)COc1cc(Br)c(/C=C2/SC(=O)N(Cc3ccccc3Br)C2=O)cc1OC. The minimum Gasteiger partial charge on any atom is -0.493 e. The molecule has 0 atom stereocenters. The van der Waals surface area contributed by atoms with Gasteiger partial charge in [-0.05, 0) is 47.2 Å². The fourth-order valence-corrected chi connectivity index (χ4v) is 4.38. The van der Waals surface area contributed by atoms with Gasteiger partial charge in [-0.2, -0.15) is 0 Å². The lowest BCUT2D eigenvalue weighted by Gasteiger charge is -2.14. The third-order valence-corrected chi connectivity index (χ3v) is 6.67. The van der Waals surface area contributed by atoms with Crippen molar-refractivity contribution in [2.24, 2.45) is 0 Å². The van der Waals surface area contributed by atoms with Crippen molar-refractivity contribution in [2.45, 2.75) is 6.54 Å². The van der Waals surface area contributed by atoms with Gasteiger partial charge in [0.1, 0.15) is 0 Å². The van der Waals surface area contributed by atoms with Gasteiger partial charge in [0, 0.05) is 8.95 Å². The Labute approximate surface area is 200 Å². The summed E-state index contributed by atoms with van der Waals surface area (Å²) in [5.41, 5.74) is 1.45. The average Bonchev–Trinajstić information content (AvgIpc) is 3.02. The molecule has 0 N–H and O–H groups in total. The van der Waals surface area contributed by atoms with E-state index in [0.29, 0.717) is 26.4 Å². The number of hydrogen-bond donors (Lipinski definition) is 0. The summed E-state index contributed by atoms with van der Waals surface area (Å²) in [6.07, 6.45) is 1.61. The van der Waals surface area contributed by atoms with Gasteiger partial charge in [0.2, 0.25) is 0 Å². The van der Waals surface area contributed by atoms with Crippen molar-refractivity contribution in [3.8, 4) is 11.5 Å². The fraction of sp³-hybridized carbons (Fsp3) is 0.190. The summed E-state index contributed by atoms with van der Waals surface area (Å²) >= 11 is 7.75. The molecule has 31 heavy (non-hydrogen) atoms. The van der Waals surface area contributed by atoms with Crippen molar-refractivity contribution in [2.75, 3.05) is 20.8 Å². The first-order valence-corrected chi connectivity index (χ1v) is 11.3. The highest BCUT2D eigenvalue weighted by atomic mass is 79.9. The van der Waals surface area contributed by atoms with Crippen molar-refractivity contribution >= 4 is 66.8 Å². The number of ether oxygens (including phenoxy) is 3. The third kappa shape index (κ3) is 5.50. The standard InChI is InChI=1S/C21H17Br2NO6S/c1-28-16-7-13(15(23)9-17(16)30-11-19(25)29-2)8-18-20(26)24(21(27)31-18)10-12-5-3-4-6-14(12)22/h3-9H,10-11H2,1-2H3/b18-8+. The molecule has 7 nitrogen and oxygen atoms in total. The Bertz CT molecular complexity index is 1070. The number of carbonyl (C=O) groups is 3. The van der Waals surface area contributed by atoms with E-state index < -0.39 is 5.97 Å². The normalized spacial score (nSPS) is 14.8. The van der Waals surface area contributed by atoms with E-state index in [0.717, 1.165) is 21.8 Å². The fourth-order valence-electron chi connectivity index (χ4n) is 2.70. The number of rotatable bonds is 7. The summed E-state index contributed by atoms with van der Waals surface area (Å²) in [6.45, 7) is -0.0964. The van der Waals surface area contributed by atoms with Crippen LogP contribution in [0.25, 0.3) is 6.08 Å². The number of methoxy groups -OCH3 is 2. The first-order chi connectivity index (χ1) is 14.8. The molecule has 3 rings (SSSR count). The number of esters is 1. The van der Waals surface area contributed by atoms with Gasteiger partial charge in [-0.15, -0.1) is 0 Å². The van der Waals surface area contributed by atoms with Gasteiger partial charge in [0.25, 0.3) is 11.1 Å². The van der Waals surface area contributed by atoms with Crippen LogP contribution in [0, 0.1) is 0 Å². The zero-order chi connectivity index (χ0) is 22.5. The summed E-state index contributed by atoms with van der Waals surface area (Å²) in [5.74, 6) is -0.201. The molecule has 1 heterocycles. The summed E-state index contributed by atoms with van der Waals surface area (Å²) in [5, 5.41) is -0.340. The molecule has 2 aromatic carbocycles. The molecule has 1 fully saturated rings. The summed E-state index contributed by atoms with van der Waals surface area (Å²) < 4.78 is 16.8. The molecule has 1 aliphatic rings. The van der Waals surface area contributed by atoms with Gasteiger partial charge >= 0.3 is 5.97 Å². The van der Waals surface area contributed by atoms with Gasteiger partial charge in [-0.3, -0.25) is 14.5 Å². The van der Waals surface area contributed by atoms with Crippen LogP contribution < -0.4 is 9.47 Å². The number of carbonyl (C=O) groups excluding carboxylic acids is 3. The maximum atomic E-state index is 12.9. The lowest BCUT2D eigenvalue weighted by atomic mass is 10.1. The highest BCUT2D eigenvalue weighted by molar-refractivity contribution is 9.10. The highest BCUT2D eigenvalue weighted by Gasteiger charge is 2.35. The van der Waals surface area contributed by atoms with Gasteiger partial charge in [-0.1, -0.05) is 50.1 Å². The Morgan fingerprint density at radius 2 is 1.84 bits per heavy atom. The highest BCUT2D eigenvalue weighted by Crippen LogP contribution is 2.38. The van der Waals surface area contributed by atoms with Gasteiger partial charge in [0.05, 0.1) is 25.7 Å². The maximum Gasteiger partial charge on any atom is 0.343 e. The second kappa shape index (κ2) is 10.3. The van der Waals surface area contributed by atoms with E-state index in [1.54, 1.807) is 18.2 Å². The van der Waals surface area contributed by atoms with Crippen LogP contribution in [-0.4, -0.2) is 42.8 Å². The second-order valence-corrected chi connectivity index (χ2v) is 8.95. The smallest absolute Gasteiger partial charge is 0.343 e. The minimum atomic E-state index is -0.527. The molecule has 0 unspecified atom stereocenters. The van der Waals surface area contributed by atoms with Crippen LogP contribution in [-0.2, 0) is 20.9 Å². The van der Waals surface area contributed by atoms with Crippen LogP contribution in [0.1, 0.15) is 11.1 Å². The predicted molar refractivity (Wildman–Crippen MR) is 124 cm³/mol. The summed E-state index contributed by atoms with van der Waals surface area (Å²) in [7, 11) is 2.73. The van der Waals surface area contributed by atoms with E-state index in [2.05, 4.69) is 36.6 Å². The predicted octanol–water partition coefficient (Wildman–Crippen LogP) is 5.01. The van der Waals surface area contributed by atoms with Crippen LogP contribution in [0.3, 0.4) is 0 Å². The van der Waals surface area contributed by atoms with Crippen molar-refractivity contribution < 1.29 is 28.6 Å². The second-order valence-electron chi connectivity index (χ2n) is 6.25. The van der Waals surface area contributed by atoms with Gasteiger partial charge < -0.3 is 14.2 Å². The number of hydrogen-bond acceptors (Lipinski definition) is 7. The van der Waals surface area contributed by atoms with Crippen LogP contribution in [0.2, 0.25) is 0 Å².